The van der Waals surface area contributed by atoms with Crippen LogP contribution in [0.2, 0.25) is 0 Å². The molecule has 1 rings (SSSR count). The van der Waals surface area contributed by atoms with Crippen molar-refractivity contribution in [1.29, 1.82) is 0 Å². The summed E-state index contributed by atoms with van der Waals surface area (Å²) in [4.78, 5) is 34.7. The Kier molecular flexibility index (Phi) is 10.7. The molecule has 0 spiro atoms. The fraction of sp³-hybridized carbons (Fsp3) is 0.609. The molecule has 0 unspecified atom stereocenters. The van der Waals surface area contributed by atoms with Crippen molar-refractivity contribution < 1.29 is 33.7 Å². The second-order valence-electron chi connectivity index (χ2n) is 7.85. The van der Waals surface area contributed by atoms with Crippen LogP contribution in [0.1, 0.15) is 59.8 Å². The van der Waals surface area contributed by atoms with Crippen molar-refractivity contribution in [3.8, 4) is 0 Å². The van der Waals surface area contributed by atoms with Gasteiger partial charge in [-0.3, -0.25) is 9.59 Å². The van der Waals surface area contributed by atoms with Gasteiger partial charge in [-0.25, -0.2) is 0 Å². The highest BCUT2D eigenvalue weighted by Gasteiger charge is 2.45. The molecule has 7 heteroatoms. The number of carboxylic acids is 1. The third-order valence-electron chi connectivity index (χ3n) is 4.95. The lowest BCUT2D eigenvalue weighted by atomic mass is 9.75. The molecule has 0 amide bonds. The minimum atomic E-state index is -1.01. The molecule has 0 aromatic heterocycles. The van der Waals surface area contributed by atoms with Gasteiger partial charge in [-0.05, 0) is 45.6 Å². The normalized spacial score (nSPS) is 24.9. The van der Waals surface area contributed by atoms with Crippen molar-refractivity contribution in [3.63, 3.8) is 0 Å². The standard InChI is InChI=1S/C23H34O7/c1-14(2)9-7-12-18-19(13-20(26)27)21(15(3)10-8-11-16(4)24)23(29-17(5)25)30-22(18)28-6/h9,12,19,21-23H,3,7-8,10-11,13H2,1-2,4-6H3,(H,26,27)/b18-12-/t19-,21+,22+,23+/m1/s1. The third-order valence-corrected chi connectivity index (χ3v) is 4.95. The van der Waals surface area contributed by atoms with Crippen molar-refractivity contribution in [3.05, 3.63) is 35.5 Å². The van der Waals surface area contributed by atoms with Crippen LogP contribution >= 0.6 is 0 Å². The molecule has 0 aromatic carbocycles. The van der Waals surface area contributed by atoms with Crippen LogP contribution in [0.4, 0.5) is 0 Å². The van der Waals surface area contributed by atoms with Gasteiger partial charge in [-0.1, -0.05) is 29.9 Å². The lowest BCUT2D eigenvalue weighted by Gasteiger charge is -2.43. The number of hydrogen-bond acceptors (Lipinski definition) is 6. The Morgan fingerprint density at radius 1 is 1.17 bits per heavy atom. The average molecular weight is 423 g/mol. The van der Waals surface area contributed by atoms with Crippen LogP contribution in [0.5, 0.6) is 0 Å². The van der Waals surface area contributed by atoms with E-state index in [-0.39, 0.29) is 12.2 Å². The van der Waals surface area contributed by atoms with Crippen molar-refractivity contribution in [1.82, 2.24) is 0 Å². The van der Waals surface area contributed by atoms with E-state index in [0.29, 0.717) is 36.8 Å². The number of hydrogen-bond donors (Lipinski definition) is 1. The molecule has 0 aliphatic carbocycles. The molecular formula is C23H34O7. The van der Waals surface area contributed by atoms with Crippen LogP contribution in [0.3, 0.4) is 0 Å². The van der Waals surface area contributed by atoms with Crippen LogP contribution in [0, 0.1) is 11.8 Å². The fourth-order valence-corrected chi connectivity index (χ4v) is 3.63. The molecule has 1 aliphatic heterocycles. The maximum atomic E-state index is 11.7. The summed E-state index contributed by atoms with van der Waals surface area (Å²) in [5.74, 6) is -2.51. The molecule has 168 valence electrons. The fourth-order valence-electron chi connectivity index (χ4n) is 3.63. The molecular weight excluding hydrogens is 388 g/mol. The van der Waals surface area contributed by atoms with Crippen LogP contribution in [-0.2, 0) is 28.6 Å². The number of allylic oxidation sites excluding steroid dienone is 3. The highest BCUT2D eigenvalue weighted by atomic mass is 16.8. The van der Waals surface area contributed by atoms with Crippen LogP contribution in [0.25, 0.3) is 0 Å². The number of esters is 1. The van der Waals surface area contributed by atoms with Crippen LogP contribution < -0.4 is 0 Å². The molecule has 7 nitrogen and oxygen atoms in total. The third kappa shape index (κ3) is 8.24. The summed E-state index contributed by atoms with van der Waals surface area (Å²) in [6.07, 6.45) is 3.99. The summed E-state index contributed by atoms with van der Waals surface area (Å²) in [6, 6.07) is 0. The number of carbonyl (C=O) groups excluding carboxylic acids is 2. The van der Waals surface area contributed by atoms with Gasteiger partial charge in [0, 0.05) is 32.3 Å². The van der Waals surface area contributed by atoms with E-state index in [2.05, 4.69) is 6.58 Å². The summed E-state index contributed by atoms with van der Waals surface area (Å²) < 4.78 is 16.8. The van der Waals surface area contributed by atoms with Gasteiger partial charge in [0.25, 0.3) is 0 Å². The molecule has 30 heavy (non-hydrogen) atoms. The Morgan fingerprint density at radius 2 is 1.83 bits per heavy atom. The molecule has 0 radical (unpaired) electrons. The topological polar surface area (TPSA) is 99.1 Å². The molecule has 1 heterocycles. The van der Waals surface area contributed by atoms with Gasteiger partial charge in [0.1, 0.15) is 5.78 Å². The van der Waals surface area contributed by atoms with E-state index < -0.39 is 36.4 Å². The Balaban J connectivity index is 3.33. The zero-order valence-electron chi connectivity index (χ0n) is 18.6. The second-order valence-corrected chi connectivity index (χ2v) is 7.85. The zero-order valence-corrected chi connectivity index (χ0v) is 18.6. The van der Waals surface area contributed by atoms with E-state index in [1.165, 1.54) is 21.0 Å². The molecule has 1 fully saturated rings. The Bertz CT molecular complexity index is 700. The first-order chi connectivity index (χ1) is 14.1. The van der Waals surface area contributed by atoms with Gasteiger partial charge in [0.15, 0.2) is 6.29 Å². The number of carboxylic acid groups (broad SMARTS) is 1. The van der Waals surface area contributed by atoms with E-state index in [4.69, 9.17) is 14.2 Å². The maximum absolute atomic E-state index is 11.7. The zero-order chi connectivity index (χ0) is 22.8. The van der Waals surface area contributed by atoms with E-state index in [9.17, 15) is 19.5 Å². The molecule has 0 saturated carbocycles. The first kappa shape index (κ1) is 25.8. The lowest BCUT2D eigenvalue weighted by Crippen LogP contribution is -2.47. The van der Waals surface area contributed by atoms with E-state index >= 15 is 0 Å². The van der Waals surface area contributed by atoms with Crippen molar-refractivity contribution in [2.45, 2.75) is 72.4 Å². The predicted molar refractivity (Wildman–Crippen MR) is 112 cm³/mol. The summed E-state index contributed by atoms with van der Waals surface area (Å²) in [5.41, 5.74) is 2.52. The highest BCUT2D eigenvalue weighted by molar-refractivity contribution is 5.75. The maximum Gasteiger partial charge on any atom is 0.304 e. The van der Waals surface area contributed by atoms with Crippen molar-refractivity contribution >= 4 is 17.7 Å². The number of carbonyl (C=O) groups is 3. The minimum absolute atomic E-state index is 0.0723. The number of aliphatic carboxylic acids is 1. The number of Topliss-reactive ketones (excluding diaryl/α,β-unsaturated/α-hetero) is 1. The molecule has 4 atom stereocenters. The summed E-state index contributed by atoms with van der Waals surface area (Å²) in [5, 5.41) is 9.57. The van der Waals surface area contributed by atoms with Crippen LogP contribution in [0.15, 0.2) is 35.5 Å². The van der Waals surface area contributed by atoms with Gasteiger partial charge in [-0.15, -0.1) is 0 Å². The molecule has 1 N–H and O–H groups in total. The SMILES string of the molecule is C=C(CCCC(C)=O)[C@@H]1[C@@H](OC(C)=O)O[C@H](OC)/C(=C\CC=C(C)C)[C@H]1CC(=O)O. The first-order valence-corrected chi connectivity index (χ1v) is 10.1. The molecule has 1 aliphatic rings. The molecule has 0 aromatic rings. The van der Waals surface area contributed by atoms with E-state index in [1.807, 2.05) is 26.0 Å². The van der Waals surface area contributed by atoms with Crippen molar-refractivity contribution in [2.75, 3.05) is 7.11 Å². The van der Waals surface area contributed by atoms with Gasteiger partial charge in [0.05, 0.1) is 6.42 Å². The summed E-state index contributed by atoms with van der Waals surface area (Å²) in [6.45, 7) is 10.9. The average Bonchev–Trinajstić information content (AvgIpc) is 2.61. The van der Waals surface area contributed by atoms with Gasteiger partial charge >= 0.3 is 11.9 Å². The van der Waals surface area contributed by atoms with E-state index in [1.54, 1.807) is 0 Å². The number of ether oxygens (including phenoxy) is 3. The second kappa shape index (κ2) is 12.4. The lowest BCUT2D eigenvalue weighted by molar-refractivity contribution is -0.257. The summed E-state index contributed by atoms with van der Waals surface area (Å²) >= 11 is 0. The monoisotopic (exact) mass is 422 g/mol. The minimum Gasteiger partial charge on any atom is -0.481 e. The quantitative estimate of drug-likeness (QED) is 0.394. The first-order valence-electron chi connectivity index (χ1n) is 10.1. The molecule has 0 bridgehead atoms. The number of ketones is 1. The van der Waals surface area contributed by atoms with Gasteiger partial charge in [0.2, 0.25) is 6.29 Å². The number of methoxy groups -OCH3 is 1. The van der Waals surface area contributed by atoms with Gasteiger partial charge < -0.3 is 24.1 Å². The smallest absolute Gasteiger partial charge is 0.304 e. The van der Waals surface area contributed by atoms with E-state index in [0.717, 1.165) is 5.57 Å². The van der Waals surface area contributed by atoms with Gasteiger partial charge in [-0.2, -0.15) is 0 Å². The van der Waals surface area contributed by atoms with Crippen LogP contribution in [-0.4, -0.2) is 42.5 Å². The molecule has 1 saturated heterocycles. The largest absolute Gasteiger partial charge is 0.481 e. The number of rotatable bonds is 11. The Hall–Kier alpha value is -2.25. The Labute approximate surface area is 178 Å². The van der Waals surface area contributed by atoms with Crippen molar-refractivity contribution in [2.24, 2.45) is 11.8 Å². The summed E-state index contributed by atoms with van der Waals surface area (Å²) in [7, 11) is 1.46. The highest BCUT2D eigenvalue weighted by Crippen LogP contribution is 2.43. The predicted octanol–water partition coefficient (Wildman–Crippen LogP) is 4.18. The Morgan fingerprint density at radius 3 is 2.33 bits per heavy atom.